The zero-order valence-corrected chi connectivity index (χ0v) is 32.8. The lowest BCUT2D eigenvalue weighted by Crippen LogP contribution is -2.15. The molecule has 0 radical (unpaired) electrons. The Morgan fingerprint density at radius 2 is 0.842 bits per heavy atom. The van der Waals surface area contributed by atoms with E-state index in [4.69, 9.17) is 15.0 Å². The lowest BCUT2D eigenvalue weighted by molar-refractivity contribution is 0.661. The van der Waals surface area contributed by atoms with Crippen LogP contribution < -0.4 is 0 Å². The molecule has 3 heteroatoms. The van der Waals surface area contributed by atoms with Crippen LogP contribution in [0.4, 0.5) is 0 Å². The minimum absolute atomic E-state index is 0.246. The van der Waals surface area contributed by atoms with Crippen molar-refractivity contribution in [3.8, 4) is 67.5 Å². The molecule has 0 bridgehead atoms. The van der Waals surface area contributed by atoms with Gasteiger partial charge in [0.25, 0.3) is 0 Å². The molecular formula is C54H43N3. The lowest BCUT2D eigenvalue weighted by Gasteiger charge is -2.23. The van der Waals surface area contributed by atoms with Gasteiger partial charge in [-0.3, -0.25) is 0 Å². The molecule has 1 heterocycles. The summed E-state index contributed by atoms with van der Waals surface area (Å²) < 4.78 is 0. The number of fused-ring (bicyclic) bond motifs is 5. The van der Waals surface area contributed by atoms with Crippen molar-refractivity contribution in [2.45, 2.75) is 46.0 Å². The molecule has 0 unspecified atom stereocenters. The molecule has 0 saturated carbocycles. The Kier molecular flexibility index (Phi) is 8.41. The first-order valence-electron chi connectivity index (χ1n) is 20.2. The largest absolute Gasteiger partial charge is 0.208 e. The molecule has 10 rings (SSSR count). The quantitative estimate of drug-likeness (QED) is 0.164. The normalized spacial score (nSPS) is 12.8. The van der Waals surface area contributed by atoms with Crippen LogP contribution in [0.2, 0.25) is 0 Å². The Hall–Kier alpha value is -6.71. The van der Waals surface area contributed by atoms with Crippen molar-refractivity contribution in [1.82, 2.24) is 15.0 Å². The predicted molar refractivity (Wildman–Crippen MR) is 238 cm³/mol. The molecule has 0 N–H and O–H groups in total. The third-order valence-electron chi connectivity index (χ3n) is 12.1. The fraction of sp³-hybridized carbons (Fsp3) is 0.130. The minimum Gasteiger partial charge on any atom is -0.208 e. The molecule has 0 saturated heterocycles. The molecule has 0 fully saturated rings. The molecule has 0 atom stereocenters. The highest BCUT2D eigenvalue weighted by atomic mass is 15.0. The molecule has 0 amide bonds. The van der Waals surface area contributed by atoms with Gasteiger partial charge in [0.2, 0.25) is 0 Å². The van der Waals surface area contributed by atoms with Crippen molar-refractivity contribution in [2.24, 2.45) is 0 Å². The van der Waals surface area contributed by atoms with Crippen LogP contribution in [-0.4, -0.2) is 15.0 Å². The number of benzene rings is 8. The van der Waals surface area contributed by atoms with Crippen LogP contribution in [0.25, 0.3) is 89.1 Å². The van der Waals surface area contributed by atoms with E-state index in [1.165, 1.54) is 55.6 Å². The van der Waals surface area contributed by atoms with Crippen LogP contribution in [0, 0.1) is 0 Å². The Bertz CT molecular complexity index is 2920. The third kappa shape index (κ3) is 5.76. The molecule has 1 aliphatic carbocycles. The summed E-state index contributed by atoms with van der Waals surface area (Å²) in [5, 5.41) is 4.55. The van der Waals surface area contributed by atoms with Crippen LogP contribution in [0.1, 0.15) is 49.9 Å². The van der Waals surface area contributed by atoms with E-state index >= 15 is 0 Å². The zero-order valence-electron chi connectivity index (χ0n) is 32.8. The monoisotopic (exact) mass is 733 g/mol. The Labute approximate surface area is 334 Å². The van der Waals surface area contributed by atoms with Crippen LogP contribution in [-0.2, 0) is 18.3 Å². The summed E-state index contributed by atoms with van der Waals surface area (Å²) in [4.78, 5) is 15.7. The summed E-state index contributed by atoms with van der Waals surface area (Å²) in [6, 6.07) is 59.2. The maximum Gasteiger partial charge on any atom is 0.164 e. The summed E-state index contributed by atoms with van der Waals surface area (Å²) in [5.74, 6) is 2.01. The second-order valence-electron chi connectivity index (χ2n) is 15.7. The molecule has 0 aliphatic heterocycles. The molecule has 1 aliphatic rings. The summed E-state index contributed by atoms with van der Waals surface area (Å²) in [6.07, 6.45) is 1.98. The molecule has 3 nitrogen and oxygen atoms in total. The highest BCUT2D eigenvalue weighted by Crippen LogP contribution is 2.51. The summed E-state index contributed by atoms with van der Waals surface area (Å²) in [5.41, 5.74) is 15.9. The predicted octanol–water partition coefficient (Wildman–Crippen LogP) is 13.9. The topological polar surface area (TPSA) is 38.7 Å². The number of rotatable bonds is 7. The summed E-state index contributed by atoms with van der Waals surface area (Å²) in [7, 11) is 0. The van der Waals surface area contributed by atoms with Gasteiger partial charge in [-0.15, -0.1) is 0 Å². The maximum absolute atomic E-state index is 5.25. The van der Waals surface area contributed by atoms with Gasteiger partial charge in [0.15, 0.2) is 17.5 Å². The lowest BCUT2D eigenvalue weighted by atomic mass is 9.80. The average Bonchev–Trinajstić information content (AvgIpc) is 3.50. The number of hydrogen-bond acceptors (Lipinski definition) is 3. The van der Waals surface area contributed by atoms with Gasteiger partial charge in [-0.1, -0.05) is 179 Å². The van der Waals surface area contributed by atoms with Crippen molar-refractivity contribution in [2.75, 3.05) is 0 Å². The molecular weight excluding hydrogens is 691 g/mol. The molecule has 57 heavy (non-hydrogen) atoms. The van der Waals surface area contributed by atoms with E-state index in [1.807, 2.05) is 0 Å². The van der Waals surface area contributed by atoms with Gasteiger partial charge in [-0.2, -0.15) is 0 Å². The average molecular weight is 734 g/mol. The van der Waals surface area contributed by atoms with E-state index in [0.29, 0.717) is 17.5 Å². The van der Waals surface area contributed by atoms with Crippen molar-refractivity contribution in [3.05, 3.63) is 186 Å². The number of hydrogen-bond donors (Lipinski definition) is 0. The first kappa shape index (κ1) is 34.8. The van der Waals surface area contributed by atoms with Gasteiger partial charge in [-0.05, 0) is 102 Å². The molecule has 9 aromatic rings. The zero-order chi connectivity index (χ0) is 38.7. The smallest absolute Gasteiger partial charge is 0.164 e. The molecule has 0 spiro atoms. The van der Waals surface area contributed by atoms with E-state index in [2.05, 4.69) is 191 Å². The van der Waals surface area contributed by atoms with Crippen molar-refractivity contribution < 1.29 is 0 Å². The Morgan fingerprint density at radius 1 is 0.386 bits per heavy atom. The van der Waals surface area contributed by atoms with Crippen LogP contribution in [0.3, 0.4) is 0 Å². The van der Waals surface area contributed by atoms with Gasteiger partial charge in [0, 0.05) is 22.1 Å². The van der Waals surface area contributed by atoms with Gasteiger partial charge < -0.3 is 0 Å². The Balaban J connectivity index is 1.12. The van der Waals surface area contributed by atoms with E-state index < -0.39 is 0 Å². The standard InChI is InChI=1S/C54H43N3/c1-5-34-16-7-12-24-42(34)50-35(6-2)19-13-25-43(50)38-28-30-44-45-31-29-39(33-49(45)54(3,4)48(44)32-38)51-55-52(46-26-14-20-36-17-8-10-22-40(36)46)57-53(56-51)47-27-15-21-37-18-9-11-23-41(37)47/h7-33H,5-6H2,1-4H3. The molecule has 274 valence electrons. The second kappa shape index (κ2) is 13.8. The second-order valence-corrected chi connectivity index (χ2v) is 15.7. The van der Waals surface area contributed by atoms with Gasteiger partial charge >= 0.3 is 0 Å². The van der Waals surface area contributed by atoms with Gasteiger partial charge in [0.05, 0.1) is 0 Å². The van der Waals surface area contributed by atoms with Crippen molar-refractivity contribution in [1.29, 1.82) is 0 Å². The number of nitrogens with zero attached hydrogens (tertiary/aromatic N) is 3. The third-order valence-corrected chi connectivity index (χ3v) is 12.1. The highest BCUT2D eigenvalue weighted by Gasteiger charge is 2.36. The van der Waals surface area contributed by atoms with Crippen LogP contribution >= 0.6 is 0 Å². The molecule has 1 aromatic heterocycles. The number of aryl methyl sites for hydroxylation is 2. The van der Waals surface area contributed by atoms with E-state index in [9.17, 15) is 0 Å². The van der Waals surface area contributed by atoms with E-state index in [1.54, 1.807) is 0 Å². The van der Waals surface area contributed by atoms with E-state index in [-0.39, 0.29) is 5.41 Å². The van der Waals surface area contributed by atoms with E-state index in [0.717, 1.165) is 51.1 Å². The SMILES string of the molecule is CCc1ccccc1-c1c(CC)cccc1-c1ccc2c(c1)C(C)(C)c1cc(-c3nc(-c4cccc5ccccc45)nc(-c4cccc5ccccc45)n3)ccc1-2. The summed E-state index contributed by atoms with van der Waals surface area (Å²) >= 11 is 0. The fourth-order valence-electron chi connectivity index (χ4n) is 9.16. The summed E-state index contributed by atoms with van der Waals surface area (Å²) in [6.45, 7) is 9.23. The van der Waals surface area contributed by atoms with Gasteiger partial charge in [-0.25, -0.2) is 15.0 Å². The molecule has 8 aromatic carbocycles. The van der Waals surface area contributed by atoms with Gasteiger partial charge in [0.1, 0.15) is 0 Å². The van der Waals surface area contributed by atoms with Crippen molar-refractivity contribution in [3.63, 3.8) is 0 Å². The van der Waals surface area contributed by atoms with Crippen molar-refractivity contribution >= 4 is 21.5 Å². The highest BCUT2D eigenvalue weighted by molar-refractivity contribution is 5.98. The van der Waals surface area contributed by atoms with Crippen LogP contribution in [0.5, 0.6) is 0 Å². The maximum atomic E-state index is 5.25. The van der Waals surface area contributed by atoms with Crippen LogP contribution in [0.15, 0.2) is 164 Å². The minimum atomic E-state index is -0.246. The first-order chi connectivity index (χ1) is 27.9. The fourth-order valence-corrected chi connectivity index (χ4v) is 9.16. The number of aromatic nitrogens is 3. The first-order valence-corrected chi connectivity index (χ1v) is 20.2. The Morgan fingerprint density at radius 3 is 1.47 bits per heavy atom.